The molecule has 0 aliphatic rings. The summed E-state index contributed by atoms with van der Waals surface area (Å²) in [5, 5.41) is 7.92. The van der Waals surface area contributed by atoms with Gasteiger partial charge in [-0.2, -0.15) is 9.37 Å². The Balaban J connectivity index is 2.11. The van der Waals surface area contributed by atoms with Gasteiger partial charge in [0.15, 0.2) is 5.82 Å². The Bertz CT molecular complexity index is 591. The van der Waals surface area contributed by atoms with Crippen LogP contribution in [0.3, 0.4) is 0 Å². The summed E-state index contributed by atoms with van der Waals surface area (Å²) in [5.41, 5.74) is 0. The number of nitrogens with zero attached hydrogens (tertiary/aromatic N) is 6. The molecule has 2 aromatic rings. The van der Waals surface area contributed by atoms with Gasteiger partial charge >= 0.3 is 0 Å². The van der Waals surface area contributed by atoms with Crippen LogP contribution < -0.4 is 9.64 Å². The zero-order valence-electron chi connectivity index (χ0n) is 12.2. The molecule has 0 bridgehead atoms. The molecule has 0 aromatic carbocycles. The summed E-state index contributed by atoms with van der Waals surface area (Å²) in [5.74, 6) is 0.390. The van der Waals surface area contributed by atoms with Crippen molar-refractivity contribution in [3.05, 3.63) is 24.2 Å². The van der Waals surface area contributed by atoms with Crippen molar-refractivity contribution < 1.29 is 13.9 Å². The first-order chi connectivity index (χ1) is 10.2. The van der Waals surface area contributed by atoms with Crippen molar-refractivity contribution in [3.63, 3.8) is 0 Å². The summed E-state index contributed by atoms with van der Waals surface area (Å²) < 4.78 is 25.1. The smallest absolute Gasteiger partial charge is 0.255 e. The number of ether oxygens (including phenoxy) is 2. The van der Waals surface area contributed by atoms with Crippen LogP contribution in [0.1, 0.15) is 5.82 Å². The number of aromatic nitrogens is 5. The predicted octanol–water partition coefficient (Wildman–Crippen LogP) is 0.499. The van der Waals surface area contributed by atoms with E-state index in [2.05, 4.69) is 20.2 Å². The second kappa shape index (κ2) is 6.93. The van der Waals surface area contributed by atoms with Crippen LogP contribution in [0, 0.1) is 5.82 Å². The number of anilines is 1. The largest absolute Gasteiger partial charge is 0.479 e. The Morgan fingerprint density at radius 3 is 2.90 bits per heavy atom. The van der Waals surface area contributed by atoms with Gasteiger partial charge in [0.1, 0.15) is 6.33 Å². The van der Waals surface area contributed by atoms with E-state index in [-0.39, 0.29) is 5.88 Å². The quantitative estimate of drug-likeness (QED) is 0.736. The van der Waals surface area contributed by atoms with Crippen molar-refractivity contribution in [1.82, 2.24) is 24.7 Å². The molecule has 0 N–H and O–H groups in total. The Morgan fingerprint density at radius 2 is 2.19 bits per heavy atom. The minimum absolute atomic E-state index is 0.0901. The molecule has 0 saturated carbocycles. The summed E-state index contributed by atoms with van der Waals surface area (Å²) in [6.07, 6.45) is 2.71. The van der Waals surface area contributed by atoms with E-state index in [9.17, 15) is 4.39 Å². The van der Waals surface area contributed by atoms with Crippen LogP contribution in [0.25, 0.3) is 0 Å². The highest BCUT2D eigenvalue weighted by Crippen LogP contribution is 2.16. The normalized spacial score (nSPS) is 10.7. The number of halogens is 1. The summed E-state index contributed by atoms with van der Waals surface area (Å²) in [6, 6.07) is 0. The first kappa shape index (κ1) is 15.1. The van der Waals surface area contributed by atoms with E-state index >= 15 is 0 Å². The first-order valence-corrected chi connectivity index (χ1v) is 6.29. The van der Waals surface area contributed by atoms with Crippen molar-refractivity contribution in [3.8, 4) is 5.88 Å². The van der Waals surface area contributed by atoms with Crippen LogP contribution in [-0.4, -0.2) is 52.6 Å². The van der Waals surface area contributed by atoms with Gasteiger partial charge in [-0.25, -0.2) is 4.98 Å². The lowest BCUT2D eigenvalue weighted by Gasteiger charge is -2.17. The molecule has 0 amide bonds. The lowest BCUT2D eigenvalue weighted by atomic mass is 10.5. The van der Waals surface area contributed by atoms with Crippen LogP contribution in [0.4, 0.5) is 10.3 Å². The van der Waals surface area contributed by atoms with Gasteiger partial charge in [0.05, 0.1) is 26.5 Å². The monoisotopic (exact) mass is 296 g/mol. The average molecular weight is 296 g/mol. The van der Waals surface area contributed by atoms with E-state index in [1.807, 2.05) is 4.57 Å². The molecular weight excluding hydrogens is 279 g/mol. The van der Waals surface area contributed by atoms with E-state index in [1.54, 1.807) is 25.4 Å². The van der Waals surface area contributed by atoms with Crippen molar-refractivity contribution in [2.75, 3.05) is 32.8 Å². The third-order valence-electron chi connectivity index (χ3n) is 2.84. The van der Waals surface area contributed by atoms with Crippen molar-refractivity contribution >= 4 is 5.95 Å². The van der Waals surface area contributed by atoms with Crippen molar-refractivity contribution in [2.45, 2.75) is 13.1 Å². The molecular formula is C12H17FN6O2. The molecule has 9 heteroatoms. The maximum atomic E-state index is 13.3. The Hall–Kier alpha value is -2.29. The van der Waals surface area contributed by atoms with Crippen LogP contribution in [-0.2, 0) is 17.8 Å². The van der Waals surface area contributed by atoms with Gasteiger partial charge < -0.3 is 18.9 Å². The van der Waals surface area contributed by atoms with Gasteiger partial charge in [-0.15, -0.1) is 10.2 Å². The van der Waals surface area contributed by atoms with E-state index in [0.717, 1.165) is 12.0 Å². The van der Waals surface area contributed by atoms with E-state index in [1.165, 1.54) is 7.11 Å². The maximum absolute atomic E-state index is 13.3. The molecule has 0 fully saturated rings. The second-order valence-electron chi connectivity index (χ2n) is 4.32. The third kappa shape index (κ3) is 3.63. The highest BCUT2D eigenvalue weighted by molar-refractivity contribution is 5.31. The molecule has 0 spiro atoms. The molecule has 0 atom stereocenters. The molecule has 0 radical (unpaired) electrons. The molecule has 21 heavy (non-hydrogen) atoms. The number of hydrogen-bond acceptors (Lipinski definition) is 7. The zero-order valence-corrected chi connectivity index (χ0v) is 12.2. The molecule has 0 aliphatic heterocycles. The standard InChI is InChI=1S/C12H17FN6O2/c1-18(12-14-6-9(13)11(16-12)21-3)7-10-17-15-8-19(10)4-5-20-2/h6,8H,4-5,7H2,1-3H3. The van der Waals surface area contributed by atoms with E-state index in [0.29, 0.717) is 25.6 Å². The van der Waals surface area contributed by atoms with Crippen LogP contribution in [0.2, 0.25) is 0 Å². The maximum Gasteiger partial charge on any atom is 0.255 e. The Labute approximate surface area is 121 Å². The van der Waals surface area contributed by atoms with Crippen LogP contribution >= 0.6 is 0 Å². The molecule has 0 aliphatic carbocycles. The molecule has 2 heterocycles. The summed E-state index contributed by atoms with van der Waals surface area (Å²) >= 11 is 0. The molecule has 114 valence electrons. The topological polar surface area (TPSA) is 78.2 Å². The fourth-order valence-corrected chi connectivity index (χ4v) is 1.73. The minimum Gasteiger partial charge on any atom is -0.479 e. The van der Waals surface area contributed by atoms with Gasteiger partial charge in [0, 0.05) is 20.7 Å². The molecule has 8 nitrogen and oxygen atoms in total. The molecule has 0 unspecified atom stereocenters. The fourth-order valence-electron chi connectivity index (χ4n) is 1.73. The lowest BCUT2D eigenvalue weighted by molar-refractivity contribution is 0.186. The summed E-state index contributed by atoms with van der Waals surface area (Å²) in [6.45, 7) is 1.65. The fraction of sp³-hybridized carbons (Fsp3) is 0.500. The summed E-state index contributed by atoms with van der Waals surface area (Å²) in [7, 11) is 4.77. The van der Waals surface area contributed by atoms with Crippen molar-refractivity contribution in [1.29, 1.82) is 0 Å². The van der Waals surface area contributed by atoms with Crippen LogP contribution in [0.15, 0.2) is 12.5 Å². The highest BCUT2D eigenvalue weighted by atomic mass is 19.1. The van der Waals surface area contributed by atoms with Gasteiger partial charge in [0.25, 0.3) is 5.88 Å². The van der Waals surface area contributed by atoms with Gasteiger partial charge in [-0.3, -0.25) is 0 Å². The zero-order chi connectivity index (χ0) is 15.2. The van der Waals surface area contributed by atoms with Gasteiger partial charge in [-0.1, -0.05) is 0 Å². The highest BCUT2D eigenvalue weighted by Gasteiger charge is 2.13. The number of methoxy groups -OCH3 is 2. The van der Waals surface area contributed by atoms with Crippen molar-refractivity contribution in [2.24, 2.45) is 0 Å². The molecule has 2 aromatic heterocycles. The second-order valence-corrected chi connectivity index (χ2v) is 4.32. The number of hydrogen-bond donors (Lipinski definition) is 0. The average Bonchev–Trinajstić information content (AvgIpc) is 2.92. The van der Waals surface area contributed by atoms with Gasteiger partial charge in [-0.05, 0) is 0 Å². The van der Waals surface area contributed by atoms with E-state index < -0.39 is 5.82 Å². The summed E-state index contributed by atoms with van der Waals surface area (Å²) in [4.78, 5) is 9.67. The Kier molecular flexibility index (Phi) is 4.99. The van der Waals surface area contributed by atoms with Gasteiger partial charge in [0.2, 0.25) is 11.8 Å². The van der Waals surface area contributed by atoms with E-state index in [4.69, 9.17) is 9.47 Å². The predicted molar refractivity (Wildman–Crippen MR) is 72.5 cm³/mol. The molecule has 0 saturated heterocycles. The Morgan fingerprint density at radius 1 is 1.38 bits per heavy atom. The minimum atomic E-state index is -0.599. The SMILES string of the molecule is COCCn1cnnc1CN(C)c1ncc(F)c(OC)n1. The number of rotatable bonds is 7. The first-order valence-electron chi connectivity index (χ1n) is 6.29. The van der Waals surface area contributed by atoms with Crippen LogP contribution in [0.5, 0.6) is 5.88 Å². The third-order valence-corrected chi connectivity index (χ3v) is 2.84. The lowest BCUT2D eigenvalue weighted by Crippen LogP contribution is -2.22. The molecule has 2 rings (SSSR count).